The van der Waals surface area contributed by atoms with Crippen molar-refractivity contribution in [3.8, 4) is 11.1 Å². The van der Waals surface area contributed by atoms with Gasteiger partial charge in [0.25, 0.3) is 0 Å². The molecule has 4 atom stereocenters. The Hall–Kier alpha value is -3.51. The molecule has 2 aromatic rings. The van der Waals surface area contributed by atoms with E-state index in [1.54, 1.807) is 0 Å². The summed E-state index contributed by atoms with van der Waals surface area (Å²) in [5.74, 6) is -0.271. The average Bonchev–Trinajstić information content (AvgIpc) is 3.55. The molecule has 51 heavy (non-hydrogen) atoms. The van der Waals surface area contributed by atoms with Crippen molar-refractivity contribution in [2.24, 2.45) is 16.5 Å². The Labute approximate surface area is 304 Å². The number of fused-ring (bicyclic) bond motifs is 4. The molecule has 2 saturated heterocycles. The first kappa shape index (κ1) is 38.7. The molecule has 7 N–H and O–H groups in total. The summed E-state index contributed by atoms with van der Waals surface area (Å²) >= 11 is 0. The third-order valence-corrected chi connectivity index (χ3v) is 20.5. The molecular formula is C37H55N5O7Si2. The Kier molecular flexibility index (Phi) is 11.9. The Morgan fingerprint density at radius 2 is 1.51 bits per heavy atom. The summed E-state index contributed by atoms with van der Waals surface area (Å²) < 4.78 is 32.9. The van der Waals surface area contributed by atoms with Gasteiger partial charge in [-0.15, -0.1) is 0 Å². The number of carbonyl (C=O) groups is 1. The molecule has 2 heterocycles. The van der Waals surface area contributed by atoms with Gasteiger partial charge < -0.3 is 44.3 Å². The van der Waals surface area contributed by atoms with Gasteiger partial charge in [-0.1, -0.05) is 110 Å². The van der Waals surface area contributed by atoms with Crippen molar-refractivity contribution < 1.29 is 32.3 Å². The molecule has 3 aliphatic rings. The smallest absolute Gasteiger partial charge is 0.412 e. The minimum Gasteiger partial charge on any atom is -0.448 e. The van der Waals surface area contributed by atoms with Crippen molar-refractivity contribution in [3.63, 3.8) is 0 Å². The zero-order chi connectivity index (χ0) is 37.2. The lowest BCUT2D eigenvalue weighted by Crippen LogP contribution is -2.65. The topological polar surface area (TPSA) is 172 Å². The Balaban J connectivity index is 1.34. The standard InChI is InChI=1S/C37H55N5O7Si2/c1-10-40-35(42-37(44)45-19-29-27-17-13-11-15-25(27)26-16-12-14-18-28(26)29)31(38)34(39)41-36-32(43)33-30(47-36)20-46-50(21(2)3,22(4)5)49-51(48-33,23(6)7)24(8)9/h10-18,21-24,29-30,32-33,36,40,43H,1,19-20,38H2,2-9H3,(H2,39,41)(H,42,44)/t30-,32?,33?,36-/m1/s1. The molecule has 2 fully saturated rings. The summed E-state index contributed by atoms with van der Waals surface area (Å²) in [6.45, 7) is 21.0. The second kappa shape index (κ2) is 15.6. The molecular weight excluding hydrogens is 683 g/mol. The van der Waals surface area contributed by atoms with Gasteiger partial charge in [-0.2, -0.15) is 0 Å². The monoisotopic (exact) mass is 737 g/mol. The van der Waals surface area contributed by atoms with Gasteiger partial charge >= 0.3 is 23.2 Å². The fourth-order valence-corrected chi connectivity index (χ4v) is 18.8. The first-order valence-electron chi connectivity index (χ1n) is 17.8. The minimum absolute atomic E-state index is 0.0191. The Bertz CT molecular complexity index is 1590. The van der Waals surface area contributed by atoms with E-state index in [0.29, 0.717) is 0 Å². The maximum Gasteiger partial charge on any atom is 0.412 e. The molecule has 14 heteroatoms. The number of hydrogen-bond donors (Lipinski definition) is 5. The molecule has 0 saturated carbocycles. The van der Waals surface area contributed by atoms with Crippen molar-refractivity contribution in [2.75, 3.05) is 13.2 Å². The lowest BCUT2D eigenvalue weighted by molar-refractivity contribution is -0.0373. The third kappa shape index (κ3) is 7.40. The van der Waals surface area contributed by atoms with Crippen molar-refractivity contribution in [1.29, 1.82) is 0 Å². The second-order valence-electron chi connectivity index (χ2n) is 14.7. The van der Waals surface area contributed by atoms with Crippen LogP contribution in [0, 0.1) is 0 Å². The van der Waals surface area contributed by atoms with Gasteiger partial charge in [-0.25, -0.2) is 9.79 Å². The number of ether oxygens (including phenoxy) is 2. The summed E-state index contributed by atoms with van der Waals surface area (Å²) in [4.78, 5) is 17.6. The summed E-state index contributed by atoms with van der Waals surface area (Å²) in [5, 5.41) is 17.1. The number of carbonyl (C=O) groups excluding carboxylic acids is 1. The summed E-state index contributed by atoms with van der Waals surface area (Å²) in [7, 11) is -5.81. The molecule has 1 amide bonds. The molecule has 2 aromatic carbocycles. The number of amides is 1. The van der Waals surface area contributed by atoms with Crippen molar-refractivity contribution in [2.45, 2.75) is 108 Å². The van der Waals surface area contributed by atoms with Crippen LogP contribution < -0.4 is 22.1 Å². The van der Waals surface area contributed by atoms with Gasteiger partial charge in [0.1, 0.15) is 42.3 Å². The third-order valence-electron chi connectivity index (χ3n) is 10.3. The number of alkyl carbamates (subject to hydrolysis) is 1. The first-order chi connectivity index (χ1) is 24.2. The highest BCUT2D eigenvalue weighted by atomic mass is 28.5. The van der Waals surface area contributed by atoms with Crippen LogP contribution in [0.2, 0.25) is 22.2 Å². The predicted octanol–water partition coefficient (Wildman–Crippen LogP) is 5.79. The van der Waals surface area contributed by atoms with Crippen molar-refractivity contribution in [3.05, 3.63) is 84.0 Å². The van der Waals surface area contributed by atoms with Crippen molar-refractivity contribution >= 4 is 29.1 Å². The Morgan fingerprint density at radius 1 is 0.961 bits per heavy atom. The van der Waals surface area contributed by atoms with E-state index >= 15 is 0 Å². The highest BCUT2D eigenvalue weighted by Gasteiger charge is 2.61. The zero-order valence-corrected chi connectivity index (χ0v) is 33.0. The van der Waals surface area contributed by atoms with E-state index in [4.69, 9.17) is 33.9 Å². The van der Waals surface area contributed by atoms with Crippen LogP contribution in [-0.4, -0.2) is 71.9 Å². The normalized spacial score (nSPS) is 24.8. The van der Waals surface area contributed by atoms with Gasteiger partial charge in [0.05, 0.1) is 6.61 Å². The molecule has 2 aliphatic heterocycles. The molecule has 1 aliphatic carbocycles. The Morgan fingerprint density at radius 3 is 2.04 bits per heavy atom. The molecule has 12 nitrogen and oxygen atoms in total. The van der Waals surface area contributed by atoms with E-state index in [1.807, 2.05) is 36.4 Å². The fourth-order valence-electron chi connectivity index (χ4n) is 7.60. The SMILES string of the molecule is C=CNC(NC(=O)OCC1c2ccccc2-c2ccccc21)=C(N)C(N)=N[C@@H]1O[C@@H]2CO[Si](C(C)C)(C(C)C)O[Si](C(C)C)(C(C)C)OC2C1O. The number of benzene rings is 2. The fraction of sp³-hybridized carbons (Fsp3) is 0.514. The van der Waals surface area contributed by atoms with Crippen LogP contribution in [0.4, 0.5) is 4.79 Å². The number of rotatable bonds is 11. The van der Waals surface area contributed by atoms with Crippen LogP contribution in [0.5, 0.6) is 0 Å². The number of amidine groups is 1. The highest BCUT2D eigenvalue weighted by Crippen LogP contribution is 2.48. The van der Waals surface area contributed by atoms with Crippen LogP contribution in [0.25, 0.3) is 11.1 Å². The largest absolute Gasteiger partial charge is 0.448 e. The lowest BCUT2D eigenvalue weighted by atomic mass is 9.98. The van der Waals surface area contributed by atoms with E-state index < -0.39 is 47.8 Å². The van der Waals surface area contributed by atoms with Crippen molar-refractivity contribution in [1.82, 2.24) is 10.6 Å². The van der Waals surface area contributed by atoms with Gasteiger partial charge in [0.15, 0.2) is 6.23 Å². The van der Waals surface area contributed by atoms with Gasteiger partial charge in [0.2, 0.25) is 0 Å². The lowest BCUT2D eigenvalue weighted by Gasteiger charge is -2.51. The first-order valence-corrected chi connectivity index (χ1v) is 21.8. The summed E-state index contributed by atoms with van der Waals surface area (Å²) in [6.07, 6.45) is -3.08. The van der Waals surface area contributed by atoms with Crippen LogP contribution in [0.3, 0.4) is 0 Å². The predicted molar refractivity (Wildman–Crippen MR) is 203 cm³/mol. The van der Waals surface area contributed by atoms with Crippen LogP contribution in [0.15, 0.2) is 77.8 Å². The van der Waals surface area contributed by atoms with Gasteiger partial charge in [-0.3, -0.25) is 5.32 Å². The number of aliphatic imine (C=N–C) groups is 1. The molecule has 5 rings (SSSR count). The van der Waals surface area contributed by atoms with Crippen LogP contribution in [-0.2, 0) is 22.4 Å². The number of aliphatic hydroxyl groups excluding tert-OH is 1. The number of hydrogen-bond acceptors (Lipinski definition) is 10. The molecule has 0 radical (unpaired) electrons. The van der Waals surface area contributed by atoms with Crippen LogP contribution in [0.1, 0.15) is 72.4 Å². The molecule has 0 spiro atoms. The molecule has 0 aromatic heterocycles. The van der Waals surface area contributed by atoms with Crippen LogP contribution >= 0.6 is 0 Å². The molecule has 278 valence electrons. The summed E-state index contributed by atoms with van der Waals surface area (Å²) in [6, 6.07) is 16.2. The molecule has 2 unspecified atom stereocenters. The van der Waals surface area contributed by atoms with E-state index in [2.05, 4.69) is 89.7 Å². The van der Waals surface area contributed by atoms with Gasteiger partial charge in [0, 0.05) is 5.92 Å². The zero-order valence-electron chi connectivity index (χ0n) is 31.0. The number of nitrogens with two attached hydrogens (primary N) is 2. The number of nitrogens with zero attached hydrogens (tertiary/aromatic N) is 1. The van der Waals surface area contributed by atoms with E-state index in [1.165, 1.54) is 6.20 Å². The second-order valence-corrected chi connectivity index (χ2v) is 23.6. The van der Waals surface area contributed by atoms with E-state index in [9.17, 15) is 9.90 Å². The van der Waals surface area contributed by atoms with E-state index in [0.717, 1.165) is 22.3 Å². The number of nitrogens with one attached hydrogen (secondary N) is 2. The number of aliphatic hydroxyl groups is 1. The maximum atomic E-state index is 13.1. The summed E-state index contributed by atoms with van der Waals surface area (Å²) in [5.41, 5.74) is 17.6. The van der Waals surface area contributed by atoms with Gasteiger partial charge in [-0.05, 0) is 50.6 Å². The maximum absolute atomic E-state index is 13.1. The molecule has 0 bridgehead atoms. The minimum atomic E-state index is -3.00. The average molecular weight is 738 g/mol. The van der Waals surface area contributed by atoms with E-state index in [-0.39, 0.29) is 58.7 Å². The highest BCUT2D eigenvalue weighted by molar-refractivity contribution is 6.84. The quantitative estimate of drug-likeness (QED) is 0.108.